The number of carbonyl (C=O) groups is 3. The van der Waals surface area contributed by atoms with Gasteiger partial charge in [-0.1, -0.05) is 54.6 Å². The van der Waals surface area contributed by atoms with Crippen molar-refractivity contribution in [1.29, 1.82) is 0 Å². The fraction of sp³-hybridized carbons (Fsp3) is 0.0870. The molecular formula is C23H17F3N2O3. The molecule has 1 atom stereocenters. The summed E-state index contributed by atoms with van der Waals surface area (Å²) in [5.74, 6) is -6.34. The van der Waals surface area contributed by atoms with Crippen molar-refractivity contribution in [2.24, 2.45) is 5.73 Å². The summed E-state index contributed by atoms with van der Waals surface area (Å²) in [4.78, 5) is 36.4. The Bertz CT molecular complexity index is 1110. The largest absolute Gasteiger partial charge is 0.368 e. The zero-order chi connectivity index (χ0) is 22.5. The van der Waals surface area contributed by atoms with E-state index in [2.05, 4.69) is 5.32 Å². The highest BCUT2D eigenvalue weighted by molar-refractivity contribution is 6.09. The predicted octanol–water partition coefficient (Wildman–Crippen LogP) is 3.16. The van der Waals surface area contributed by atoms with E-state index in [1.807, 2.05) is 0 Å². The number of carbonyl (C=O) groups excluding carboxylic acids is 3. The molecule has 0 aliphatic rings. The van der Waals surface area contributed by atoms with Crippen LogP contribution in [0.3, 0.4) is 0 Å². The number of nitrogens with two attached hydrogens (primary N) is 1. The van der Waals surface area contributed by atoms with Crippen molar-refractivity contribution < 1.29 is 27.6 Å². The summed E-state index contributed by atoms with van der Waals surface area (Å²) in [6.45, 7) is 0. The smallest absolute Gasteiger partial charge is 0.257 e. The second kappa shape index (κ2) is 9.25. The van der Waals surface area contributed by atoms with Gasteiger partial charge in [-0.25, -0.2) is 13.2 Å². The Morgan fingerprint density at radius 1 is 0.839 bits per heavy atom. The predicted molar refractivity (Wildman–Crippen MR) is 107 cm³/mol. The van der Waals surface area contributed by atoms with Crippen LogP contribution in [0.4, 0.5) is 13.2 Å². The fourth-order valence-corrected chi connectivity index (χ4v) is 3.00. The Morgan fingerprint density at radius 3 is 1.94 bits per heavy atom. The van der Waals surface area contributed by atoms with Gasteiger partial charge in [0, 0.05) is 29.7 Å². The van der Waals surface area contributed by atoms with Gasteiger partial charge in [-0.3, -0.25) is 14.4 Å². The number of nitrogens with one attached hydrogen (secondary N) is 1. The van der Waals surface area contributed by atoms with E-state index in [1.54, 1.807) is 54.6 Å². The number of hydrogen-bond donors (Lipinski definition) is 2. The second-order valence-electron chi connectivity index (χ2n) is 6.77. The minimum Gasteiger partial charge on any atom is -0.368 e. The molecule has 0 bridgehead atoms. The zero-order valence-electron chi connectivity index (χ0n) is 16.1. The van der Waals surface area contributed by atoms with Gasteiger partial charge in [0.1, 0.15) is 29.1 Å². The summed E-state index contributed by atoms with van der Waals surface area (Å²) in [6, 6.07) is 14.4. The molecule has 5 nitrogen and oxygen atoms in total. The summed E-state index contributed by atoms with van der Waals surface area (Å²) in [5, 5.41) is 2.16. The third kappa shape index (κ3) is 5.16. The molecule has 0 aliphatic heterocycles. The van der Waals surface area contributed by atoms with Gasteiger partial charge in [0.25, 0.3) is 5.91 Å². The van der Waals surface area contributed by atoms with E-state index in [9.17, 15) is 27.6 Å². The van der Waals surface area contributed by atoms with Crippen molar-refractivity contribution in [3.8, 4) is 0 Å². The molecule has 0 saturated carbocycles. The first kappa shape index (κ1) is 21.8. The maximum atomic E-state index is 13.8. The summed E-state index contributed by atoms with van der Waals surface area (Å²) >= 11 is 0. The second-order valence-corrected chi connectivity index (χ2v) is 6.77. The normalized spacial score (nSPS) is 11.6. The van der Waals surface area contributed by atoms with E-state index < -0.39 is 40.9 Å². The van der Waals surface area contributed by atoms with E-state index in [4.69, 9.17) is 5.73 Å². The summed E-state index contributed by atoms with van der Waals surface area (Å²) in [5.41, 5.74) is 5.78. The lowest BCUT2D eigenvalue weighted by molar-refractivity contribution is -0.119. The lowest BCUT2D eigenvalue weighted by Gasteiger charge is -2.16. The molecule has 0 aliphatic carbocycles. The number of ketones is 1. The van der Waals surface area contributed by atoms with Crippen LogP contribution in [-0.2, 0) is 11.2 Å². The third-order valence-electron chi connectivity index (χ3n) is 4.57. The quantitative estimate of drug-likeness (QED) is 0.569. The van der Waals surface area contributed by atoms with Gasteiger partial charge in [-0.05, 0) is 5.56 Å². The molecule has 3 aromatic rings. The molecule has 0 aromatic heterocycles. The van der Waals surface area contributed by atoms with E-state index in [0.29, 0.717) is 28.8 Å². The van der Waals surface area contributed by atoms with Crippen molar-refractivity contribution in [2.45, 2.75) is 12.5 Å². The first-order valence-corrected chi connectivity index (χ1v) is 9.19. The molecule has 2 amide bonds. The van der Waals surface area contributed by atoms with Crippen LogP contribution >= 0.6 is 0 Å². The van der Waals surface area contributed by atoms with Gasteiger partial charge in [0.15, 0.2) is 5.78 Å². The Kier molecular flexibility index (Phi) is 6.49. The number of halogens is 3. The Hall–Kier alpha value is -3.94. The molecule has 0 heterocycles. The summed E-state index contributed by atoms with van der Waals surface area (Å²) in [6.07, 6.45) is -0.0781. The molecule has 31 heavy (non-hydrogen) atoms. The van der Waals surface area contributed by atoms with Crippen LogP contribution in [0, 0.1) is 17.5 Å². The number of primary amides is 1. The average molecular weight is 426 g/mol. The van der Waals surface area contributed by atoms with Gasteiger partial charge in [0.05, 0.1) is 0 Å². The first-order valence-electron chi connectivity index (χ1n) is 9.19. The number of hydrogen-bond acceptors (Lipinski definition) is 3. The molecule has 158 valence electrons. The molecule has 3 aromatic carbocycles. The Labute approximate surface area is 175 Å². The van der Waals surface area contributed by atoms with E-state index in [1.165, 1.54) is 0 Å². The molecule has 0 unspecified atom stereocenters. The molecule has 0 fully saturated rings. The van der Waals surface area contributed by atoms with Gasteiger partial charge >= 0.3 is 0 Å². The number of benzene rings is 3. The van der Waals surface area contributed by atoms with Crippen LogP contribution < -0.4 is 11.1 Å². The number of rotatable bonds is 7. The zero-order valence-corrected chi connectivity index (χ0v) is 16.1. The minimum atomic E-state index is -1.40. The van der Waals surface area contributed by atoms with Crippen LogP contribution in [0.15, 0.2) is 66.7 Å². The lowest BCUT2D eigenvalue weighted by Crippen LogP contribution is -2.46. The van der Waals surface area contributed by atoms with Crippen molar-refractivity contribution in [3.63, 3.8) is 0 Å². The van der Waals surface area contributed by atoms with Crippen LogP contribution in [0.5, 0.6) is 0 Å². The van der Waals surface area contributed by atoms with Crippen LogP contribution in [0.2, 0.25) is 0 Å². The van der Waals surface area contributed by atoms with Crippen LogP contribution in [0.25, 0.3) is 0 Å². The van der Waals surface area contributed by atoms with Gasteiger partial charge in [0.2, 0.25) is 5.91 Å². The third-order valence-corrected chi connectivity index (χ3v) is 4.57. The fourth-order valence-electron chi connectivity index (χ4n) is 3.00. The van der Waals surface area contributed by atoms with Gasteiger partial charge in [-0.15, -0.1) is 0 Å². The molecule has 3 N–H and O–H groups in total. The first-order chi connectivity index (χ1) is 14.8. The van der Waals surface area contributed by atoms with Gasteiger partial charge < -0.3 is 11.1 Å². The van der Waals surface area contributed by atoms with Crippen LogP contribution in [0.1, 0.15) is 31.8 Å². The maximum absolute atomic E-state index is 13.8. The van der Waals surface area contributed by atoms with Crippen molar-refractivity contribution >= 4 is 17.6 Å². The Balaban J connectivity index is 1.74. The standard InChI is InChI=1S/C23H17F3N2O3/c24-16-11-17(25)20(18(26)12-16)23(31)28-19(22(27)30)10-13-6-8-15(9-7-13)21(29)14-4-2-1-3-5-14/h1-9,11-12,19H,10H2,(H2,27,30)(H,28,31)/t19-/m1/s1. The maximum Gasteiger partial charge on any atom is 0.257 e. The molecule has 3 rings (SSSR count). The lowest BCUT2D eigenvalue weighted by atomic mass is 9.99. The monoisotopic (exact) mass is 426 g/mol. The highest BCUT2D eigenvalue weighted by atomic mass is 19.1. The van der Waals surface area contributed by atoms with Crippen LogP contribution in [-0.4, -0.2) is 23.6 Å². The molecule has 0 radical (unpaired) electrons. The highest BCUT2D eigenvalue weighted by Crippen LogP contribution is 2.16. The molecule has 0 spiro atoms. The minimum absolute atomic E-state index is 0.0781. The molecule has 8 heteroatoms. The molecular weight excluding hydrogens is 409 g/mol. The Morgan fingerprint density at radius 2 is 1.39 bits per heavy atom. The van der Waals surface area contributed by atoms with E-state index in [0.717, 1.165) is 0 Å². The molecule has 0 saturated heterocycles. The van der Waals surface area contributed by atoms with Gasteiger partial charge in [-0.2, -0.15) is 0 Å². The number of amides is 2. The van der Waals surface area contributed by atoms with E-state index in [-0.39, 0.29) is 12.2 Å². The highest BCUT2D eigenvalue weighted by Gasteiger charge is 2.24. The van der Waals surface area contributed by atoms with Crippen molar-refractivity contribution in [2.75, 3.05) is 0 Å². The summed E-state index contributed by atoms with van der Waals surface area (Å²) < 4.78 is 40.7. The average Bonchev–Trinajstić information content (AvgIpc) is 2.73. The summed E-state index contributed by atoms with van der Waals surface area (Å²) in [7, 11) is 0. The SMILES string of the molecule is NC(=O)[C@@H](Cc1ccc(C(=O)c2ccccc2)cc1)NC(=O)c1c(F)cc(F)cc1F. The van der Waals surface area contributed by atoms with Crippen molar-refractivity contribution in [1.82, 2.24) is 5.32 Å². The topological polar surface area (TPSA) is 89.3 Å². The van der Waals surface area contributed by atoms with E-state index >= 15 is 0 Å². The van der Waals surface area contributed by atoms with Crippen molar-refractivity contribution in [3.05, 3.63) is 106 Å².